The lowest BCUT2D eigenvalue weighted by atomic mass is 10.5. The van der Waals surface area contributed by atoms with Crippen molar-refractivity contribution in [3.63, 3.8) is 0 Å². The van der Waals surface area contributed by atoms with E-state index in [-0.39, 0.29) is 0 Å². The molecule has 0 saturated carbocycles. The topological polar surface area (TPSA) is 61.7 Å². The highest BCUT2D eigenvalue weighted by atomic mass is 16.3. The van der Waals surface area contributed by atoms with Crippen LogP contribution in [0.2, 0.25) is 0 Å². The van der Waals surface area contributed by atoms with Crippen molar-refractivity contribution in [2.75, 3.05) is 0 Å². The van der Waals surface area contributed by atoms with E-state index < -0.39 is 12.3 Å². The number of carbonyl (C=O) groups is 1. The third-order valence-electron chi connectivity index (χ3n) is 0.741. The second-order valence-corrected chi connectivity index (χ2v) is 1.52. The molecular weight excluding hydrogens is 132 g/mol. The van der Waals surface area contributed by atoms with Crippen LogP contribution in [0, 0.1) is 0 Å². The predicted molar refractivity (Wildman–Crippen MR) is 38.9 cm³/mol. The van der Waals surface area contributed by atoms with Crippen LogP contribution in [0.15, 0.2) is 17.6 Å². The third-order valence-corrected chi connectivity index (χ3v) is 0.741. The van der Waals surface area contributed by atoms with Crippen LogP contribution < -0.4 is 5.32 Å². The van der Waals surface area contributed by atoms with Gasteiger partial charge in [-0.15, -0.1) is 0 Å². The maximum atomic E-state index is 10.5. The largest absolute Gasteiger partial charge is 0.370 e. The zero-order valence-electron chi connectivity index (χ0n) is 5.74. The first-order valence-corrected chi connectivity index (χ1v) is 2.80. The Kier molecular flexibility index (Phi) is 4.15. The second kappa shape index (κ2) is 4.69. The summed E-state index contributed by atoms with van der Waals surface area (Å²) in [5.41, 5.74) is 0. The Labute approximate surface area is 59.3 Å². The average molecular weight is 142 g/mol. The molecule has 0 radical (unpaired) electrons. The van der Waals surface area contributed by atoms with Crippen LogP contribution in [-0.2, 0) is 0 Å². The minimum Gasteiger partial charge on any atom is -0.370 e. The van der Waals surface area contributed by atoms with E-state index in [0.29, 0.717) is 0 Å². The number of carbonyl (C=O) groups excluding carboxylic acids is 1. The fourth-order valence-corrected chi connectivity index (χ4v) is 0.340. The quantitative estimate of drug-likeness (QED) is 0.330. The first-order valence-electron chi connectivity index (χ1n) is 2.80. The van der Waals surface area contributed by atoms with Gasteiger partial charge in [0.15, 0.2) is 0 Å². The van der Waals surface area contributed by atoms with E-state index in [9.17, 15) is 4.79 Å². The molecule has 0 spiro atoms. The van der Waals surface area contributed by atoms with Gasteiger partial charge < -0.3 is 10.4 Å². The highest BCUT2D eigenvalue weighted by Crippen LogP contribution is 1.79. The number of aliphatic hydroxyl groups is 1. The maximum absolute atomic E-state index is 10.5. The molecule has 2 amide bonds. The Morgan fingerprint density at radius 1 is 1.90 bits per heavy atom. The number of amides is 2. The molecule has 4 heteroatoms. The molecule has 10 heavy (non-hydrogen) atoms. The molecule has 0 rings (SSSR count). The molecule has 1 unspecified atom stereocenters. The molecule has 0 aromatic heterocycles. The van der Waals surface area contributed by atoms with Gasteiger partial charge in [0, 0.05) is 6.21 Å². The summed E-state index contributed by atoms with van der Waals surface area (Å²) in [6.07, 6.45) is 1.52. The fraction of sp³-hybridized carbons (Fsp3) is 0.333. The molecule has 0 aliphatic carbocycles. The molecule has 0 bridgehead atoms. The van der Waals surface area contributed by atoms with Crippen molar-refractivity contribution in [2.24, 2.45) is 4.99 Å². The van der Waals surface area contributed by atoms with Crippen molar-refractivity contribution < 1.29 is 9.90 Å². The minimum atomic E-state index is -1.02. The Hall–Kier alpha value is -1.16. The molecule has 0 aromatic rings. The second-order valence-electron chi connectivity index (χ2n) is 1.52. The van der Waals surface area contributed by atoms with Crippen LogP contribution >= 0.6 is 0 Å². The smallest absolute Gasteiger partial charge is 0.342 e. The van der Waals surface area contributed by atoms with Gasteiger partial charge in [-0.1, -0.05) is 6.58 Å². The number of urea groups is 1. The van der Waals surface area contributed by atoms with Gasteiger partial charge in [0.1, 0.15) is 6.23 Å². The van der Waals surface area contributed by atoms with Crippen molar-refractivity contribution in [3.05, 3.63) is 12.7 Å². The van der Waals surface area contributed by atoms with Gasteiger partial charge in [-0.3, -0.25) is 0 Å². The minimum absolute atomic E-state index is 0.574. The van der Waals surface area contributed by atoms with Gasteiger partial charge in [-0.25, -0.2) is 9.79 Å². The van der Waals surface area contributed by atoms with E-state index in [4.69, 9.17) is 5.11 Å². The fourth-order valence-electron chi connectivity index (χ4n) is 0.340. The molecule has 1 atom stereocenters. The molecule has 0 aliphatic heterocycles. The Bertz CT molecular complexity index is 154. The Morgan fingerprint density at radius 2 is 2.50 bits per heavy atom. The lowest BCUT2D eigenvalue weighted by Crippen LogP contribution is -2.30. The highest BCUT2D eigenvalue weighted by Gasteiger charge is 1.99. The molecule has 0 heterocycles. The Balaban J connectivity index is 3.67. The average Bonchev–Trinajstić information content (AvgIpc) is 1.88. The molecule has 0 aliphatic rings. The lowest BCUT2D eigenvalue weighted by molar-refractivity contribution is 0.183. The molecule has 2 N–H and O–H groups in total. The van der Waals surface area contributed by atoms with Crippen LogP contribution in [0.25, 0.3) is 0 Å². The van der Waals surface area contributed by atoms with Crippen LogP contribution in [0.5, 0.6) is 0 Å². The molecular formula is C6H10N2O2. The van der Waals surface area contributed by atoms with Gasteiger partial charge in [0.2, 0.25) is 0 Å². The third kappa shape index (κ3) is 3.80. The van der Waals surface area contributed by atoms with Crippen LogP contribution in [0.4, 0.5) is 4.79 Å². The van der Waals surface area contributed by atoms with E-state index in [1.807, 2.05) is 0 Å². The van der Waals surface area contributed by atoms with E-state index in [2.05, 4.69) is 16.9 Å². The summed E-state index contributed by atoms with van der Waals surface area (Å²) in [5, 5.41) is 10.9. The summed E-state index contributed by atoms with van der Waals surface area (Å²) in [6.45, 7) is 4.87. The van der Waals surface area contributed by atoms with E-state index in [0.717, 1.165) is 0 Å². The van der Waals surface area contributed by atoms with Crippen molar-refractivity contribution in [2.45, 2.75) is 13.2 Å². The van der Waals surface area contributed by atoms with Gasteiger partial charge in [-0.2, -0.15) is 0 Å². The van der Waals surface area contributed by atoms with Crippen molar-refractivity contribution >= 4 is 12.2 Å². The predicted octanol–water partition coefficient (Wildman–Crippen LogP) is 0.291. The van der Waals surface area contributed by atoms with Crippen molar-refractivity contribution in [1.82, 2.24) is 5.32 Å². The summed E-state index contributed by atoms with van der Waals surface area (Å²) >= 11 is 0. The van der Waals surface area contributed by atoms with Crippen molar-refractivity contribution in [1.29, 1.82) is 0 Å². The van der Waals surface area contributed by atoms with Crippen LogP contribution in [0.1, 0.15) is 6.92 Å². The van der Waals surface area contributed by atoms with E-state index in [1.54, 1.807) is 6.92 Å². The standard InChI is InChI=1S/C6H10N2O2/c1-3-5(9)8-6(10)7-4-2/h3-5,9H,1H2,2H3,(H,8,10). The van der Waals surface area contributed by atoms with Gasteiger partial charge in [0.25, 0.3) is 0 Å². The van der Waals surface area contributed by atoms with E-state index in [1.165, 1.54) is 12.3 Å². The summed E-state index contributed by atoms with van der Waals surface area (Å²) in [4.78, 5) is 13.8. The maximum Gasteiger partial charge on any atom is 0.342 e. The molecule has 0 saturated heterocycles. The number of aliphatic imine (C=N–C) groups is 1. The monoisotopic (exact) mass is 142 g/mol. The number of rotatable bonds is 2. The van der Waals surface area contributed by atoms with E-state index >= 15 is 0 Å². The molecule has 0 fully saturated rings. The van der Waals surface area contributed by atoms with Crippen molar-refractivity contribution in [3.8, 4) is 0 Å². The molecule has 56 valence electrons. The number of nitrogens with zero attached hydrogens (tertiary/aromatic N) is 1. The number of hydrogen-bond donors (Lipinski definition) is 2. The zero-order valence-corrected chi connectivity index (χ0v) is 5.74. The number of hydrogen-bond acceptors (Lipinski definition) is 2. The van der Waals surface area contributed by atoms with Crippen LogP contribution in [-0.4, -0.2) is 23.6 Å². The van der Waals surface area contributed by atoms with Gasteiger partial charge in [-0.05, 0) is 13.0 Å². The number of aliphatic hydroxyl groups excluding tert-OH is 1. The molecule has 0 aromatic carbocycles. The summed E-state index contributed by atoms with van der Waals surface area (Å²) < 4.78 is 0. The first-order chi connectivity index (χ1) is 4.70. The zero-order chi connectivity index (χ0) is 7.98. The SMILES string of the molecule is C=CC(O)NC(=O)N=CC. The van der Waals surface area contributed by atoms with Crippen LogP contribution in [0.3, 0.4) is 0 Å². The summed E-state index contributed by atoms with van der Waals surface area (Å²) in [5.74, 6) is 0. The lowest BCUT2D eigenvalue weighted by Gasteiger charge is -2.02. The summed E-state index contributed by atoms with van der Waals surface area (Å²) in [6, 6.07) is -0.574. The van der Waals surface area contributed by atoms with Gasteiger partial charge >= 0.3 is 6.03 Å². The molecule has 4 nitrogen and oxygen atoms in total. The number of nitrogens with one attached hydrogen (secondary N) is 1. The highest BCUT2D eigenvalue weighted by molar-refractivity contribution is 5.82. The first kappa shape index (κ1) is 8.84. The Morgan fingerprint density at radius 3 is 2.90 bits per heavy atom. The van der Waals surface area contributed by atoms with Gasteiger partial charge in [0.05, 0.1) is 0 Å². The summed E-state index contributed by atoms with van der Waals surface area (Å²) in [7, 11) is 0. The normalized spacial score (nSPS) is 13.0.